The first-order chi connectivity index (χ1) is 17.8. The Bertz CT molecular complexity index is 1290. The van der Waals surface area contributed by atoms with Gasteiger partial charge in [0.15, 0.2) is 11.0 Å². The van der Waals surface area contributed by atoms with Crippen molar-refractivity contribution in [3.63, 3.8) is 0 Å². The summed E-state index contributed by atoms with van der Waals surface area (Å²) >= 11 is 3.26. The lowest BCUT2D eigenvalue weighted by Crippen LogP contribution is -2.48. The lowest BCUT2D eigenvalue weighted by Gasteiger charge is -2.40. The molecular formula is C27H27N5O2S2. The minimum atomic E-state index is 0.00637. The molecule has 9 heteroatoms. The molecule has 2 atom stereocenters. The molecule has 3 aromatic rings. The number of hydrogen-bond acceptors (Lipinski definition) is 7. The standard InChI is InChI=1S/C27H27N5O2S2/c33-26(32-21-10-4-6-12-23(21)36-24-13-7-5-11-22(24)32)19-35-27-29-28-25(18-30-14-16-34-17-15-30)31(27)20-8-2-1-3-9-20/h1-13,21,23H,14-19H2/t21-,23-/m1/s1. The van der Waals surface area contributed by atoms with Crippen LogP contribution in [0.3, 0.4) is 0 Å². The van der Waals surface area contributed by atoms with E-state index in [0.29, 0.717) is 6.54 Å². The Hall–Kier alpha value is -2.85. The zero-order valence-electron chi connectivity index (χ0n) is 19.8. The molecule has 2 aromatic carbocycles. The van der Waals surface area contributed by atoms with Crippen molar-refractivity contribution >= 4 is 35.1 Å². The smallest absolute Gasteiger partial charge is 0.238 e. The number of aromatic nitrogens is 3. The number of allylic oxidation sites excluding steroid dienone is 2. The molecule has 1 aromatic heterocycles. The third-order valence-corrected chi connectivity index (χ3v) is 8.74. The number of hydrogen-bond donors (Lipinski definition) is 0. The molecule has 3 heterocycles. The van der Waals surface area contributed by atoms with Gasteiger partial charge in [-0.3, -0.25) is 14.3 Å². The first kappa shape index (κ1) is 23.5. The van der Waals surface area contributed by atoms with Crippen molar-refractivity contribution in [3.8, 4) is 5.69 Å². The maximum absolute atomic E-state index is 13.7. The largest absolute Gasteiger partial charge is 0.379 e. The highest BCUT2D eigenvalue weighted by Crippen LogP contribution is 2.43. The van der Waals surface area contributed by atoms with Crippen LogP contribution in [0.5, 0.6) is 0 Å². The molecule has 36 heavy (non-hydrogen) atoms. The van der Waals surface area contributed by atoms with Crippen molar-refractivity contribution in [1.29, 1.82) is 0 Å². The zero-order valence-corrected chi connectivity index (χ0v) is 21.4. The van der Waals surface area contributed by atoms with Gasteiger partial charge in [-0.05, 0) is 24.3 Å². The highest BCUT2D eigenvalue weighted by atomic mass is 32.2. The molecule has 0 bridgehead atoms. The average Bonchev–Trinajstić information content (AvgIpc) is 3.33. The second kappa shape index (κ2) is 10.6. The van der Waals surface area contributed by atoms with Crippen LogP contribution in [0.4, 0.5) is 5.69 Å². The van der Waals surface area contributed by atoms with Crippen molar-refractivity contribution in [2.45, 2.75) is 27.9 Å². The van der Waals surface area contributed by atoms with Crippen LogP contribution in [0.15, 0.2) is 89.0 Å². The number of morpholine rings is 1. The highest BCUT2D eigenvalue weighted by Gasteiger charge is 2.36. The molecule has 1 amide bonds. The van der Waals surface area contributed by atoms with Gasteiger partial charge in [-0.15, -0.1) is 22.0 Å². The maximum Gasteiger partial charge on any atom is 0.238 e. The third kappa shape index (κ3) is 4.76. The number of amides is 1. The van der Waals surface area contributed by atoms with E-state index in [4.69, 9.17) is 4.74 Å². The van der Waals surface area contributed by atoms with Crippen molar-refractivity contribution < 1.29 is 9.53 Å². The lowest BCUT2D eigenvalue weighted by molar-refractivity contribution is -0.116. The van der Waals surface area contributed by atoms with Gasteiger partial charge in [0.2, 0.25) is 5.91 Å². The van der Waals surface area contributed by atoms with E-state index < -0.39 is 0 Å². The van der Waals surface area contributed by atoms with Crippen LogP contribution in [0.2, 0.25) is 0 Å². The predicted octanol–water partition coefficient (Wildman–Crippen LogP) is 4.19. The Kier molecular flexibility index (Phi) is 6.96. The first-order valence-electron chi connectivity index (χ1n) is 12.1. The van der Waals surface area contributed by atoms with E-state index in [0.717, 1.165) is 53.6 Å². The molecule has 7 nitrogen and oxygen atoms in total. The second-order valence-corrected chi connectivity index (χ2v) is 11.0. The summed E-state index contributed by atoms with van der Waals surface area (Å²) in [6.45, 7) is 3.91. The number of rotatable bonds is 6. The summed E-state index contributed by atoms with van der Waals surface area (Å²) in [5.41, 5.74) is 1.98. The van der Waals surface area contributed by atoms with Crippen LogP contribution >= 0.6 is 23.5 Å². The summed E-state index contributed by atoms with van der Waals surface area (Å²) in [5.74, 6) is 1.22. The fourth-order valence-corrected chi connectivity index (χ4v) is 6.86. The number of carbonyl (C=O) groups is 1. The Morgan fingerprint density at radius 1 is 1.00 bits per heavy atom. The molecule has 6 rings (SSSR count). The van der Waals surface area contributed by atoms with Gasteiger partial charge in [-0.1, -0.05) is 66.4 Å². The topological polar surface area (TPSA) is 63.5 Å². The Morgan fingerprint density at radius 2 is 1.78 bits per heavy atom. The van der Waals surface area contributed by atoms with Crippen molar-refractivity contribution in [2.75, 3.05) is 37.0 Å². The minimum absolute atomic E-state index is 0.00637. The van der Waals surface area contributed by atoms with E-state index in [-0.39, 0.29) is 23.0 Å². The van der Waals surface area contributed by atoms with E-state index in [2.05, 4.69) is 56.1 Å². The molecule has 0 unspecified atom stereocenters. The summed E-state index contributed by atoms with van der Waals surface area (Å²) in [4.78, 5) is 19.1. The van der Waals surface area contributed by atoms with Crippen LogP contribution in [0.1, 0.15) is 5.82 Å². The van der Waals surface area contributed by atoms with Crippen LogP contribution in [-0.4, -0.2) is 68.9 Å². The first-order valence-corrected chi connectivity index (χ1v) is 14.0. The normalized spacial score (nSPS) is 21.3. The number of ether oxygens (including phenoxy) is 1. The molecule has 2 aliphatic heterocycles. The Labute approximate surface area is 219 Å². The molecule has 184 valence electrons. The van der Waals surface area contributed by atoms with E-state index >= 15 is 0 Å². The number of fused-ring (bicyclic) bond motifs is 2. The molecule has 3 aliphatic rings. The molecule has 1 saturated heterocycles. The summed E-state index contributed by atoms with van der Waals surface area (Å²) in [7, 11) is 0. The summed E-state index contributed by atoms with van der Waals surface area (Å²) in [5, 5.41) is 10.0. The molecule has 1 fully saturated rings. The number of carbonyl (C=O) groups excluding carboxylic acids is 1. The average molecular weight is 518 g/mol. The van der Waals surface area contributed by atoms with Gasteiger partial charge < -0.3 is 9.64 Å². The van der Waals surface area contributed by atoms with E-state index in [9.17, 15) is 4.79 Å². The van der Waals surface area contributed by atoms with Gasteiger partial charge >= 0.3 is 0 Å². The summed E-state index contributed by atoms with van der Waals surface area (Å²) in [6, 6.07) is 18.3. The van der Waals surface area contributed by atoms with Crippen molar-refractivity contribution in [1.82, 2.24) is 19.7 Å². The van der Waals surface area contributed by atoms with Crippen LogP contribution in [0.25, 0.3) is 5.69 Å². The van der Waals surface area contributed by atoms with Gasteiger partial charge in [-0.25, -0.2) is 0 Å². The number of anilines is 1. The monoisotopic (exact) mass is 517 g/mol. The van der Waals surface area contributed by atoms with Crippen molar-refractivity contribution in [3.05, 3.63) is 84.7 Å². The van der Waals surface area contributed by atoms with Gasteiger partial charge in [-0.2, -0.15) is 0 Å². The quantitative estimate of drug-likeness (QED) is 0.454. The Balaban J connectivity index is 1.26. The van der Waals surface area contributed by atoms with E-state index in [1.165, 1.54) is 11.8 Å². The minimum Gasteiger partial charge on any atom is -0.379 e. The molecule has 0 radical (unpaired) electrons. The van der Waals surface area contributed by atoms with Crippen LogP contribution in [-0.2, 0) is 16.1 Å². The molecule has 0 saturated carbocycles. The van der Waals surface area contributed by atoms with Gasteiger partial charge in [0.05, 0.1) is 42.5 Å². The zero-order chi connectivity index (χ0) is 24.3. The highest BCUT2D eigenvalue weighted by molar-refractivity contribution is 8.00. The van der Waals surface area contributed by atoms with Crippen LogP contribution in [0, 0.1) is 0 Å². The maximum atomic E-state index is 13.7. The van der Waals surface area contributed by atoms with Gasteiger partial charge in [0.25, 0.3) is 0 Å². The lowest BCUT2D eigenvalue weighted by atomic mass is 10.0. The number of benzene rings is 2. The second-order valence-electron chi connectivity index (χ2n) is 8.82. The van der Waals surface area contributed by atoms with Crippen LogP contribution < -0.4 is 4.90 Å². The summed E-state index contributed by atoms with van der Waals surface area (Å²) in [6.07, 6.45) is 8.41. The predicted molar refractivity (Wildman–Crippen MR) is 144 cm³/mol. The fraction of sp³-hybridized carbons (Fsp3) is 0.296. The molecule has 0 spiro atoms. The SMILES string of the molecule is O=C(CSc1nnc(CN2CCOCC2)n1-c1ccccc1)N1c2ccccc2S[C@@H]2C=CC=C[C@H]21. The summed E-state index contributed by atoms with van der Waals surface area (Å²) < 4.78 is 7.58. The number of para-hydroxylation sites is 2. The third-order valence-electron chi connectivity index (χ3n) is 6.52. The number of thioether (sulfide) groups is 2. The molecule has 0 N–H and O–H groups in total. The number of nitrogens with zero attached hydrogens (tertiary/aromatic N) is 5. The van der Waals surface area contributed by atoms with Gasteiger partial charge in [0.1, 0.15) is 0 Å². The molecular weight excluding hydrogens is 490 g/mol. The van der Waals surface area contributed by atoms with Crippen molar-refractivity contribution in [2.24, 2.45) is 0 Å². The van der Waals surface area contributed by atoms with E-state index in [1.54, 1.807) is 0 Å². The Morgan fingerprint density at radius 3 is 2.64 bits per heavy atom. The van der Waals surface area contributed by atoms with Gasteiger partial charge in [0, 0.05) is 23.7 Å². The van der Waals surface area contributed by atoms with E-state index in [1.807, 2.05) is 59.1 Å². The fourth-order valence-electron chi connectivity index (χ4n) is 4.77. The molecule has 1 aliphatic carbocycles.